The number of hydrogen-bond donors (Lipinski definition) is 0. The van der Waals surface area contributed by atoms with Crippen LogP contribution >= 0.6 is 0 Å². The normalized spacial score (nSPS) is 19.1. The summed E-state index contributed by atoms with van der Waals surface area (Å²) in [5.41, 5.74) is 2.37. The molecule has 0 spiro atoms. The maximum Gasteiger partial charge on any atom is 0.248 e. The van der Waals surface area contributed by atoms with Crippen LogP contribution in [-0.2, 0) is 13.6 Å². The predicted octanol–water partition coefficient (Wildman–Crippen LogP) is 4.06. The van der Waals surface area contributed by atoms with Crippen molar-refractivity contribution in [2.45, 2.75) is 50.7 Å². The van der Waals surface area contributed by atoms with Crippen molar-refractivity contribution in [3.63, 3.8) is 0 Å². The molecule has 3 aromatic heterocycles. The van der Waals surface area contributed by atoms with Gasteiger partial charge in [0.2, 0.25) is 5.92 Å². The summed E-state index contributed by atoms with van der Waals surface area (Å²) < 4.78 is 45.3. The number of rotatable bonds is 3. The summed E-state index contributed by atoms with van der Waals surface area (Å²) >= 11 is 0. The van der Waals surface area contributed by atoms with Crippen molar-refractivity contribution < 1.29 is 13.2 Å². The molecule has 26 heavy (non-hydrogen) atoms. The van der Waals surface area contributed by atoms with Gasteiger partial charge in [0.1, 0.15) is 5.67 Å². The van der Waals surface area contributed by atoms with E-state index in [1.165, 1.54) is 0 Å². The van der Waals surface area contributed by atoms with Crippen molar-refractivity contribution in [3.05, 3.63) is 30.2 Å². The lowest BCUT2D eigenvalue weighted by Gasteiger charge is -2.34. The molecule has 0 unspecified atom stereocenters. The van der Waals surface area contributed by atoms with E-state index < -0.39 is 24.4 Å². The lowest BCUT2D eigenvalue weighted by Crippen LogP contribution is -2.38. The smallest absolute Gasteiger partial charge is 0.248 e. The average molecular weight is 363 g/mol. The number of alkyl halides is 3. The molecular formula is C18H20F3N5. The number of halogens is 3. The first-order valence-corrected chi connectivity index (χ1v) is 8.65. The van der Waals surface area contributed by atoms with E-state index in [0.29, 0.717) is 0 Å². The highest BCUT2D eigenvalue weighted by Crippen LogP contribution is 2.42. The fourth-order valence-corrected chi connectivity index (χ4v) is 3.71. The molecule has 8 heteroatoms. The molecule has 1 aliphatic rings. The van der Waals surface area contributed by atoms with Crippen molar-refractivity contribution in [3.8, 4) is 11.3 Å². The maximum atomic E-state index is 15.1. The molecule has 0 radical (unpaired) electrons. The quantitative estimate of drug-likeness (QED) is 0.705. The Balaban J connectivity index is 1.67. The summed E-state index contributed by atoms with van der Waals surface area (Å²) in [5, 5.41) is 8.05. The zero-order valence-corrected chi connectivity index (χ0v) is 14.7. The summed E-state index contributed by atoms with van der Waals surface area (Å²) in [4.78, 5) is 4.45. The molecule has 1 saturated carbocycles. The predicted molar refractivity (Wildman–Crippen MR) is 91.7 cm³/mol. The Labute approximate surface area is 148 Å². The second-order valence-electron chi connectivity index (χ2n) is 7.23. The van der Waals surface area contributed by atoms with Gasteiger partial charge in [-0.1, -0.05) is 5.21 Å². The minimum Gasteiger partial charge on any atom is -0.343 e. The Bertz CT molecular complexity index is 930. The van der Waals surface area contributed by atoms with E-state index in [0.717, 1.165) is 28.0 Å². The first-order valence-electron chi connectivity index (χ1n) is 8.65. The molecule has 0 amide bonds. The zero-order chi connectivity index (χ0) is 18.5. The van der Waals surface area contributed by atoms with Crippen molar-refractivity contribution >= 4 is 11.0 Å². The Morgan fingerprint density at radius 1 is 1.15 bits per heavy atom. The Morgan fingerprint density at radius 2 is 1.88 bits per heavy atom. The molecule has 0 N–H and O–H groups in total. The molecule has 3 aromatic rings. The molecule has 0 atom stereocenters. The number of hydrogen-bond acceptors (Lipinski definition) is 3. The van der Waals surface area contributed by atoms with Gasteiger partial charge in [-0.15, -0.1) is 5.10 Å². The fourth-order valence-electron chi connectivity index (χ4n) is 3.71. The second kappa shape index (κ2) is 5.82. The average Bonchev–Trinajstić information content (AvgIpc) is 3.14. The molecule has 138 valence electrons. The molecule has 4 rings (SSSR count). The highest BCUT2D eigenvalue weighted by Gasteiger charge is 2.44. The van der Waals surface area contributed by atoms with Crippen LogP contribution in [0.3, 0.4) is 0 Å². The molecule has 5 nitrogen and oxygen atoms in total. The third-order valence-electron chi connectivity index (χ3n) is 5.22. The lowest BCUT2D eigenvalue weighted by molar-refractivity contribution is -0.0791. The number of nitrogens with zero attached hydrogens (tertiary/aromatic N) is 5. The summed E-state index contributed by atoms with van der Waals surface area (Å²) in [5.74, 6) is -2.74. The molecule has 0 aliphatic heterocycles. The first-order chi connectivity index (χ1) is 12.3. The van der Waals surface area contributed by atoms with Crippen LogP contribution in [0.1, 0.15) is 31.4 Å². The van der Waals surface area contributed by atoms with Gasteiger partial charge in [-0.3, -0.25) is 4.98 Å². The van der Waals surface area contributed by atoms with Gasteiger partial charge in [-0.25, -0.2) is 17.9 Å². The van der Waals surface area contributed by atoms with Gasteiger partial charge in [0, 0.05) is 37.8 Å². The van der Waals surface area contributed by atoms with E-state index >= 15 is 4.39 Å². The standard InChI is InChI=1S/C18H20F3N5/c1-12-16(25(2)24-23-12)13-9-15-14(22-10-13)3-8-26(15)11-17(19)4-6-18(20,21)7-5-17/h3,8-10H,4-7,11H2,1-2H3. The third-order valence-corrected chi connectivity index (χ3v) is 5.22. The van der Waals surface area contributed by atoms with Crippen LogP contribution in [0.4, 0.5) is 13.2 Å². The largest absolute Gasteiger partial charge is 0.343 e. The minimum atomic E-state index is -2.74. The Hall–Kier alpha value is -2.38. The topological polar surface area (TPSA) is 48.5 Å². The number of aryl methyl sites for hydroxylation is 2. The van der Waals surface area contributed by atoms with Crippen molar-refractivity contribution in [1.29, 1.82) is 0 Å². The first kappa shape index (κ1) is 17.1. The maximum absolute atomic E-state index is 15.1. The molecule has 0 aromatic carbocycles. The zero-order valence-electron chi connectivity index (χ0n) is 14.7. The molecule has 0 bridgehead atoms. The Kier molecular flexibility index (Phi) is 3.82. The number of aromatic nitrogens is 5. The van der Waals surface area contributed by atoms with E-state index in [2.05, 4.69) is 15.3 Å². The molecule has 0 saturated heterocycles. The van der Waals surface area contributed by atoms with Crippen molar-refractivity contribution in [1.82, 2.24) is 24.5 Å². The van der Waals surface area contributed by atoms with Gasteiger partial charge < -0.3 is 4.57 Å². The van der Waals surface area contributed by atoms with E-state index in [1.807, 2.05) is 19.1 Å². The number of fused-ring (bicyclic) bond motifs is 1. The van der Waals surface area contributed by atoms with E-state index in [-0.39, 0.29) is 19.4 Å². The van der Waals surface area contributed by atoms with E-state index in [1.54, 1.807) is 28.7 Å². The van der Waals surface area contributed by atoms with Gasteiger partial charge in [0.15, 0.2) is 0 Å². The Morgan fingerprint density at radius 3 is 2.54 bits per heavy atom. The summed E-state index contributed by atoms with van der Waals surface area (Å²) in [7, 11) is 1.80. The highest BCUT2D eigenvalue weighted by atomic mass is 19.3. The van der Waals surface area contributed by atoms with Gasteiger partial charge in [0.25, 0.3) is 0 Å². The minimum absolute atomic E-state index is 0.0559. The fraction of sp³-hybridized carbons (Fsp3) is 0.500. The van der Waals surface area contributed by atoms with Crippen LogP contribution in [0.2, 0.25) is 0 Å². The molecule has 3 heterocycles. The lowest BCUT2D eigenvalue weighted by atomic mass is 9.84. The summed E-state index contributed by atoms with van der Waals surface area (Å²) in [6.45, 7) is 1.92. The van der Waals surface area contributed by atoms with Gasteiger partial charge in [0.05, 0.1) is 29.0 Å². The van der Waals surface area contributed by atoms with Crippen LogP contribution in [0.25, 0.3) is 22.3 Å². The summed E-state index contributed by atoms with van der Waals surface area (Å²) in [6.07, 6.45) is 2.46. The highest BCUT2D eigenvalue weighted by molar-refractivity contribution is 5.81. The van der Waals surface area contributed by atoms with Gasteiger partial charge in [-0.2, -0.15) is 0 Å². The van der Waals surface area contributed by atoms with Crippen LogP contribution in [0.5, 0.6) is 0 Å². The van der Waals surface area contributed by atoms with Crippen LogP contribution in [0.15, 0.2) is 24.5 Å². The molecule has 1 fully saturated rings. The monoisotopic (exact) mass is 363 g/mol. The van der Waals surface area contributed by atoms with Crippen LogP contribution < -0.4 is 0 Å². The van der Waals surface area contributed by atoms with Crippen LogP contribution in [0, 0.1) is 6.92 Å². The van der Waals surface area contributed by atoms with Gasteiger partial charge in [-0.05, 0) is 31.9 Å². The SMILES string of the molecule is Cc1nnn(C)c1-c1cnc2ccn(CC3(F)CCC(F)(F)CC3)c2c1. The third kappa shape index (κ3) is 2.97. The van der Waals surface area contributed by atoms with Crippen molar-refractivity contribution in [2.24, 2.45) is 7.05 Å². The van der Waals surface area contributed by atoms with Gasteiger partial charge >= 0.3 is 0 Å². The summed E-state index contributed by atoms with van der Waals surface area (Å²) in [6, 6.07) is 3.74. The van der Waals surface area contributed by atoms with Crippen LogP contribution in [-0.4, -0.2) is 36.1 Å². The second-order valence-corrected chi connectivity index (χ2v) is 7.23. The van der Waals surface area contributed by atoms with E-state index in [9.17, 15) is 8.78 Å². The number of pyridine rings is 1. The van der Waals surface area contributed by atoms with E-state index in [4.69, 9.17) is 0 Å². The molecular weight excluding hydrogens is 343 g/mol. The molecule has 1 aliphatic carbocycles. The van der Waals surface area contributed by atoms with Crippen molar-refractivity contribution in [2.75, 3.05) is 0 Å².